The van der Waals surface area contributed by atoms with Crippen LogP contribution in [0, 0.1) is 11.7 Å². The topological polar surface area (TPSA) is 46.3 Å². The second-order valence-electron chi connectivity index (χ2n) is 5.36. The van der Waals surface area contributed by atoms with E-state index in [4.69, 9.17) is 17.3 Å². The third-order valence-corrected chi connectivity index (χ3v) is 4.48. The summed E-state index contributed by atoms with van der Waals surface area (Å²) in [4.78, 5) is 14.1. The Hall–Kier alpha value is -1.13. The van der Waals surface area contributed by atoms with Gasteiger partial charge in [-0.15, -0.1) is 0 Å². The summed E-state index contributed by atoms with van der Waals surface area (Å²) >= 11 is 5.97. The highest BCUT2D eigenvalue weighted by molar-refractivity contribution is 6.33. The standard InChI is InChI=1S/C15H20ClFN2O/c1-19(13-8-3-2-5-10(13)9-18)15(20)14-11(16)6-4-7-12(14)17/h4,6-7,10,13H,2-3,5,8-9,18H2,1H3. The summed E-state index contributed by atoms with van der Waals surface area (Å²) in [5.74, 6) is -0.656. The highest BCUT2D eigenvalue weighted by atomic mass is 35.5. The largest absolute Gasteiger partial charge is 0.338 e. The number of hydrogen-bond donors (Lipinski definition) is 1. The Kier molecular flexibility index (Phi) is 5.00. The third-order valence-electron chi connectivity index (χ3n) is 4.17. The van der Waals surface area contributed by atoms with Crippen LogP contribution in [0.2, 0.25) is 5.02 Å². The van der Waals surface area contributed by atoms with E-state index in [1.54, 1.807) is 11.9 Å². The van der Waals surface area contributed by atoms with Gasteiger partial charge in [0.1, 0.15) is 5.82 Å². The maximum Gasteiger partial charge on any atom is 0.258 e. The Bertz CT molecular complexity index is 475. The first-order valence-corrected chi connectivity index (χ1v) is 7.35. The molecule has 1 aliphatic carbocycles. The lowest BCUT2D eigenvalue weighted by molar-refractivity contribution is 0.0616. The number of rotatable bonds is 3. The molecule has 0 bridgehead atoms. The summed E-state index contributed by atoms with van der Waals surface area (Å²) in [6.45, 7) is 0.549. The van der Waals surface area contributed by atoms with Crippen LogP contribution in [0.4, 0.5) is 4.39 Å². The fourth-order valence-corrected chi connectivity index (χ4v) is 3.25. The van der Waals surface area contributed by atoms with Crippen molar-refractivity contribution < 1.29 is 9.18 Å². The second-order valence-corrected chi connectivity index (χ2v) is 5.77. The SMILES string of the molecule is CN(C(=O)c1c(F)cccc1Cl)C1CCCCC1CN. The molecule has 1 aromatic carbocycles. The van der Waals surface area contributed by atoms with Gasteiger partial charge < -0.3 is 10.6 Å². The molecule has 110 valence electrons. The maximum absolute atomic E-state index is 13.9. The number of carbonyl (C=O) groups is 1. The summed E-state index contributed by atoms with van der Waals surface area (Å²) in [6.07, 6.45) is 4.14. The van der Waals surface area contributed by atoms with E-state index < -0.39 is 5.82 Å². The monoisotopic (exact) mass is 298 g/mol. The molecule has 1 amide bonds. The van der Waals surface area contributed by atoms with Gasteiger partial charge in [0, 0.05) is 13.1 Å². The molecule has 1 aromatic rings. The van der Waals surface area contributed by atoms with Crippen LogP contribution in [0.3, 0.4) is 0 Å². The molecule has 0 saturated heterocycles. The molecule has 2 unspecified atom stereocenters. The van der Waals surface area contributed by atoms with Crippen molar-refractivity contribution in [3.63, 3.8) is 0 Å². The molecular formula is C15H20ClFN2O. The van der Waals surface area contributed by atoms with Gasteiger partial charge in [-0.25, -0.2) is 4.39 Å². The van der Waals surface area contributed by atoms with Crippen molar-refractivity contribution in [2.24, 2.45) is 11.7 Å². The normalized spacial score (nSPS) is 22.6. The Balaban J connectivity index is 2.23. The van der Waals surface area contributed by atoms with Crippen LogP contribution < -0.4 is 5.73 Å². The van der Waals surface area contributed by atoms with E-state index in [9.17, 15) is 9.18 Å². The number of nitrogens with two attached hydrogens (primary N) is 1. The number of amides is 1. The summed E-state index contributed by atoms with van der Waals surface area (Å²) in [7, 11) is 1.71. The molecule has 1 fully saturated rings. The van der Waals surface area contributed by atoms with Gasteiger partial charge >= 0.3 is 0 Å². The number of benzene rings is 1. The minimum Gasteiger partial charge on any atom is -0.338 e. The van der Waals surface area contributed by atoms with Crippen LogP contribution in [0.15, 0.2) is 18.2 Å². The number of halogens is 2. The molecule has 0 heterocycles. The Labute approximate surface area is 123 Å². The lowest BCUT2D eigenvalue weighted by atomic mass is 9.83. The molecule has 2 atom stereocenters. The van der Waals surface area contributed by atoms with Crippen LogP contribution in [0.1, 0.15) is 36.0 Å². The van der Waals surface area contributed by atoms with E-state index in [2.05, 4.69) is 0 Å². The van der Waals surface area contributed by atoms with E-state index in [0.717, 1.165) is 25.7 Å². The molecule has 0 spiro atoms. The highest BCUT2D eigenvalue weighted by Gasteiger charge is 2.31. The number of hydrogen-bond acceptors (Lipinski definition) is 2. The van der Waals surface area contributed by atoms with Crippen LogP contribution >= 0.6 is 11.6 Å². The first-order valence-electron chi connectivity index (χ1n) is 6.97. The van der Waals surface area contributed by atoms with Crippen molar-refractivity contribution in [1.29, 1.82) is 0 Å². The average molecular weight is 299 g/mol. The van der Waals surface area contributed by atoms with Crippen molar-refractivity contribution in [2.45, 2.75) is 31.7 Å². The Morgan fingerprint density at radius 2 is 2.15 bits per heavy atom. The van der Waals surface area contributed by atoms with Gasteiger partial charge in [-0.1, -0.05) is 30.5 Å². The summed E-state index contributed by atoms with van der Waals surface area (Å²) in [5, 5.41) is 0.155. The lowest BCUT2D eigenvalue weighted by Gasteiger charge is -2.37. The average Bonchev–Trinajstić information content (AvgIpc) is 2.46. The van der Waals surface area contributed by atoms with Crippen LogP contribution in [0.25, 0.3) is 0 Å². The molecule has 0 aliphatic heterocycles. The molecule has 20 heavy (non-hydrogen) atoms. The lowest BCUT2D eigenvalue weighted by Crippen LogP contribution is -2.46. The zero-order valence-corrected chi connectivity index (χ0v) is 12.4. The predicted octanol–water partition coefficient (Wildman–Crippen LogP) is 3.07. The molecule has 2 rings (SSSR count). The molecule has 1 aliphatic rings. The predicted molar refractivity (Wildman–Crippen MR) is 78.3 cm³/mol. The fourth-order valence-electron chi connectivity index (χ4n) is 3.00. The zero-order chi connectivity index (χ0) is 14.7. The first-order chi connectivity index (χ1) is 9.56. The molecule has 2 N–H and O–H groups in total. The van der Waals surface area contributed by atoms with Gasteiger partial charge in [-0.05, 0) is 37.4 Å². The maximum atomic E-state index is 13.9. The van der Waals surface area contributed by atoms with E-state index >= 15 is 0 Å². The highest BCUT2D eigenvalue weighted by Crippen LogP contribution is 2.29. The van der Waals surface area contributed by atoms with Gasteiger partial charge in [-0.3, -0.25) is 4.79 Å². The smallest absolute Gasteiger partial charge is 0.258 e. The van der Waals surface area contributed by atoms with Crippen molar-refractivity contribution >= 4 is 17.5 Å². The second kappa shape index (κ2) is 6.55. The van der Waals surface area contributed by atoms with E-state index in [-0.39, 0.29) is 28.5 Å². The Morgan fingerprint density at radius 1 is 1.45 bits per heavy atom. The quantitative estimate of drug-likeness (QED) is 0.932. The van der Waals surface area contributed by atoms with Crippen molar-refractivity contribution in [1.82, 2.24) is 4.90 Å². The molecule has 1 saturated carbocycles. The van der Waals surface area contributed by atoms with Gasteiger partial charge in [0.05, 0.1) is 10.6 Å². The van der Waals surface area contributed by atoms with Crippen LogP contribution in [0.5, 0.6) is 0 Å². The first kappa shape index (κ1) is 15.3. The molecule has 0 radical (unpaired) electrons. The molecule has 5 heteroatoms. The van der Waals surface area contributed by atoms with Crippen LogP contribution in [-0.2, 0) is 0 Å². The van der Waals surface area contributed by atoms with Gasteiger partial charge in [0.2, 0.25) is 0 Å². The zero-order valence-electron chi connectivity index (χ0n) is 11.6. The van der Waals surface area contributed by atoms with Crippen LogP contribution in [-0.4, -0.2) is 30.4 Å². The summed E-state index contributed by atoms with van der Waals surface area (Å²) in [6, 6.07) is 4.36. The van der Waals surface area contributed by atoms with Crippen molar-refractivity contribution in [3.05, 3.63) is 34.6 Å². The van der Waals surface area contributed by atoms with Gasteiger partial charge in [0.25, 0.3) is 5.91 Å². The summed E-state index contributed by atoms with van der Waals surface area (Å²) in [5.41, 5.74) is 5.75. The minimum atomic E-state index is -0.575. The third kappa shape index (κ3) is 2.96. The van der Waals surface area contributed by atoms with E-state index in [1.807, 2.05) is 0 Å². The van der Waals surface area contributed by atoms with Gasteiger partial charge in [-0.2, -0.15) is 0 Å². The fraction of sp³-hybridized carbons (Fsp3) is 0.533. The molecule has 3 nitrogen and oxygen atoms in total. The summed E-state index contributed by atoms with van der Waals surface area (Å²) < 4.78 is 13.9. The minimum absolute atomic E-state index is 0.0435. The molecular weight excluding hydrogens is 279 g/mol. The van der Waals surface area contributed by atoms with Crippen molar-refractivity contribution in [3.8, 4) is 0 Å². The van der Waals surface area contributed by atoms with E-state index in [0.29, 0.717) is 6.54 Å². The van der Waals surface area contributed by atoms with Gasteiger partial charge in [0.15, 0.2) is 0 Å². The van der Waals surface area contributed by atoms with E-state index in [1.165, 1.54) is 18.2 Å². The Morgan fingerprint density at radius 3 is 2.80 bits per heavy atom. The number of nitrogens with zero attached hydrogens (tertiary/aromatic N) is 1. The number of carbonyl (C=O) groups excluding carboxylic acids is 1. The van der Waals surface area contributed by atoms with Crippen molar-refractivity contribution in [2.75, 3.05) is 13.6 Å². The molecule has 0 aromatic heterocycles.